The maximum atomic E-state index is 12.2. The minimum absolute atomic E-state index is 0.0647. The Hall–Kier alpha value is -1.33. The lowest BCUT2D eigenvalue weighted by Gasteiger charge is -2.35. The molecule has 0 radical (unpaired) electrons. The average Bonchev–Trinajstić information content (AvgIpc) is 2.95. The third-order valence-corrected chi connectivity index (χ3v) is 3.95. The van der Waals surface area contributed by atoms with Crippen LogP contribution < -0.4 is 5.32 Å². The van der Waals surface area contributed by atoms with Crippen LogP contribution in [0.4, 0.5) is 0 Å². The molecule has 2 heterocycles. The van der Waals surface area contributed by atoms with Crippen molar-refractivity contribution >= 4 is 5.91 Å². The van der Waals surface area contributed by atoms with Gasteiger partial charge in [0.25, 0.3) is 5.91 Å². The third-order valence-electron chi connectivity index (χ3n) is 3.95. The highest BCUT2D eigenvalue weighted by Crippen LogP contribution is 2.16. The molecule has 20 heavy (non-hydrogen) atoms. The Bertz CT molecular complexity index is 429. The number of furan rings is 1. The molecule has 5 heteroatoms. The molecular weight excluding hydrogens is 256 g/mol. The molecule has 0 spiro atoms. The van der Waals surface area contributed by atoms with Crippen LogP contribution in [0.5, 0.6) is 0 Å². The molecule has 1 fully saturated rings. The Balaban J connectivity index is 1.88. The minimum atomic E-state index is -0.0647. The molecule has 2 rings (SSSR count). The summed E-state index contributed by atoms with van der Waals surface area (Å²) in [6, 6.07) is 2.05. The fourth-order valence-electron chi connectivity index (χ4n) is 2.84. The molecule has 1 saturated heterocycles. The summed E-state index contributed by atoms with van der Waals surface area (Å²) in [6.07, 6.45) is 5.72. The predicted molar refractivity (Wildman–Crippen MR) is 76.7 cm³/mol. The predicted octanol–water partition coefficient (Wildman–Crippen LogP) is 1.42. The largest absolute Gasteiger partial charge is 0.469 e. The summed E-state index contributed by atoms with van der Waals surface area (Å²) in [4.78, 5) is 14.4. The number of rotatable bonds is 6. The fourth-order valence-corrected chi connectivity index (χ4v) is 2.84. The summed E-state index contributed by atoms with van der Waals surface area (Å²) < 4.78 is 5.28. The zero-order chi connectivity index (χ0) is 14.4. The Kier molecular flexibility index (Phi) is 5.61. The Morgan fingerprint density at radius 2 is 2.40 bits per heavy atom. The van der Waals surface area contributed by atoms with Crippen molar-refractivity contribution < 1.29 is 14.3 Å². The van der Waals surface area contributed by atoms with Crippen molar-refractivity contribution in [2.24, 2.45) is 0 Å². The van der Waals surface area contributed by atoms with Crippen molar-refractivity contribution in [1.29, 1.82) is 0 Å². The summed E-state index contributed by atoms with van der Waals surface area (Å²) in [7, 11) is 0. The van der Waals surface area contributed by atoms with Gasteiger partial charge in [-0.1, -0.05) is 13.3 Å². The van der Waals surface area contributed by atoms with Crippen molar-refractivity contribution in [3.05, 3.63) is 23.7 Å². The molecule has 1 atom stereocenters. The number of aliphatic hydroxyl groups excluding tert-OH is 1. The third kappa shape index (κ3) is 3.61. The first kappa shape index (κ1) is 15.1. The van der Waals surface area contributed by atoms with E-state index in [1.165, 1.54) is 12.8 Å². The Labute approximate surface area is 119 Å². The summed E-state index contributed by atoms with van der Waals surface area (Å²) >= 11 is 0. The van der Waals surface area contributed by atoms with E-state index in [-0.39, 0.29) is 12.5 Å². The van der Waals surface area contributed by atoms with Crippen molar-refractivity contribution in [3.8, 4) is 0 Å². The van der Waals surface area contributed by atoms with Gasteiger partial charge in [-0.25, -0.2) is 0 Å². The molecule has 0 bridgehead atoms. The number of piperidine rings is 1. The lowest BCUT2D eigenvalue weighted by molar-refractivity contribution is 0.0888. The zero-order valence-corrected chi connectivity index (χ0v) is 12.1. The van der Waals surface area contributed by atoms with E-state index in [1.54, 1.807) is 12.3 Å². The zero-order valence-electron chi connectivity index (χ0n) is 12.1. The molecule has 1 unspecified atom stereocenters. The molecule has 1 aromatic rings. The number of amides is 1. The average molecular weight is 280 g/mol. The number of aryl methyl sites for hydroxylation is 1. The number of β-amino-alcohol motifs (C(OH)–C–C–N with tert-alkyl or cyclic N) is 1. The molecule has 112 valence electrons. The lowest BCUT2D eigenvalue weighted by atomic mass is 10.0. The maximum Gasteiger partial charge on any atom is 0.254 e. The Morgan fingerprint density at radius 1 is 1.55 bits per heavy atom. The SMILES string of the molecule is CCc1occc1C(=O)NCC1CCCCN1CCO. The van der Waals surface area contributed by atoms with E-state index in [0.29, 0.717) is 24.7 Å². The molecule has 1 aliphatic heterocycles. The standard InChI is InChI=1S/C15H24N2O3/c1-2-14-13(6-10-20-14)15(19)16-11-12-5-3-4-7-17(12)8-9-18/h6,10,12,18H,2-5,7-9,11H2,1H3,(H,16,19). The second-order valence-corrected chi connectivity index (χ2v) is 5.23. The van der Waals surface area contributed by atoms with E-state index in [0.717, 1.165) is 25.1 Å². The molecule has 1 aromatic heterocycles. The second kappa shape index (κ2) is 7.45. The van der Waals surface area contributed by atoms with Crippen LogP contribution >= 0.6 is 0 Å². The number of likely N-dealkylation sites (tertiary alicyclic amines) is 1. The van der Waals surface area contributed by atoms with E-state index >= 15 is 0 Å². The summed E-state index contributed by atoms with van der Waals surface area (Å²) in [6.45, 7) is 4.47. The Morgan fingerprint density at radius 3 is 3.15 bits per heavy atom. The number of hydrogen-bond acceptors (Lipinski definition) is 4. The number of nitrogens with zero attached hydrogens (tertiary/aromatic N) is 1. The lowest BCUT2D eigenvalue weighted by Crippen LogP contribution is -2.47. The maximum absolute atomic E-state index is 12.2. The van der Waals surface area contributed by atoms with E-state index in [4.69, 9.17) is 9.52 Å². The van der Waals surface area contributed by atoms with E-state index in [1.807, 2.05) is 6.92 Å². The van der Waals surface area contributed by atoms with Gasteiger partial charge in [0, 0.05) is 25.6 Å². The van der Waals surface area contributed by atoms with Crippen molar-refractivity contribution in [3.63, 3.8) is 0 Å². The highest BCUT2D eigenvalue weighted by atomic mass is 16.3. The molecule has 1 amide bonds. The number of carbonyl (C=O) groups is 1. The molecule has 0 aromatic carbocycles. The highest BCUT2D eigenvalue weighted by molar-refractivity contribution is 5.95. The number of aliphatic hydroxyl groups is 1. The van der Waals surface area contributed by atoms with Crippen LogP contribution in [0.15, 0.2) is 16.7 Å². The van der Waals surface area contributed by atoms with Crippen LogP contribution in [-0.4, -0.2) is 48.2 Å². The van der Waals surface area contributed by atoms with Crippen LogP contribution in [0.3, 0.4) is 0 Å². The van der Waals surface area contributed by atoms with E-state index < -0.39 is 0 Å². The minimum Gasteiger partial charge on any atom is -0.469 e. The molecular formula is C15H24N2O3. The van der Waals surface area contributed by atoms with Crippen molar-refractivity contribution in [2.75, 3.05) is 26.2 Å². The van der Waals surface area contributed by atoms with Gasteiger partial charge in [-0.2, -0.15) is 0 Å². The number of carbonyl (C=O) groups excluding carboxylic acids is 1. The summed E-state index contributed by atoms with van der Waals surface area (Å²) in [5.74, 6) is 0.670. The quantitative estimate of drug-likeness (QED) is 0.827. The monoisotopic (exact) mass is 280 g/mol. The van der Waals surface area contributed by atoms with E-state index in [2.05, 4.69) is 10.2 Å². The number of nitrogens with one attached hydrogen (secondary N) is 1. The first-order valence-electron chi connectivity index (χ1n) is 7.45. The second-order valence-electron chi connectivity index (χ2n) is 5.23. The van der Waals surface area contributed by atoms with Gasteiger partial charge in [0.1, 0.15) is 5.76 Å². The fraction of sp³-hybridized carbons (Fsp3) is 0.667. The smallest absolute Gasteiger partial charge is 0.254 e. The summed E-state index contributed by atoms with van der Waals surface area (Å²) in [5.41, 5.74) is 0.636. The molecule has 5 nitrogen and oxygen atoms in total. The van der Waals surface area contributed by atoms with E-state index in [9.17, 15) is 4.79 Å². The van der Waals surface area contributed by atoms with Crippen molar-refractivity contribution in [2.45, 2.75) is 38.6 Å². The van der Waals surface area contributed by atoms with Gasteiger partial charge in [-0.15, -0.1) is 0 Å². The summed E-state index contributed by atoms with van der Waals surface area (Å²) in [5, 5.41) is 12.1. The van der Waals surface area contributed by atoms with Gasteiger partial charge < -0.3 is 14.8 Å². The normalized spacial score (nSPS) is 20.0. The van der Waals surface area contributed by atoms with Crippen molar-refractivity contribution in [1.82, 2.24) is 10.2 Å². The van der Waals surface area contributed by atoms with Gasteiger partial charge in [0.15, 0.2) is 0 Å². The van der Waals surface area contributed by atoms with Crippen LogP contribution in [0.25, 0.3) is 0 Å². The first-order chi connectivity index (χ1) is 9.76. The molecule has 1 aliphatic rings. The number of hydrogen-bond donors (Lipinski definition) is 2. The van der Waals surface area contributed by atoms with Gasteiger partial charge in [-0.3, -0.25) is 9.69 Å². The van der Waals surface area contributed by atoms with Crippen LogP contribution in [0.2, 0.25) is 0 Å². The molecule has 2 N–H and O–H groups in total. The topological polar surface area (TPSA) is 65.7 Å². The van der Waals surface area contributed by atoms with Gasteiger partial charge in [0.05, 0.1) is 18.4 Å². The van der Waals surface area contributed by atoms with Crippen LogP contribution in [-0.2, 0) is 6.42 Å². The van der Waals surface area contributed by atoms with Gasteiger partial charge >= 0.3 is 0 Å². The highest BCUT2D eigenvalue weighted by Gasteiger charge is 2.23. The van der Waals surface area contributed by atoms with Gasteiger partial charge in [-0.05, 0) is 25.5 Å². The molecule has 0 saturated carbocycles. The van der Waals surface area contributed by atoms with Crippen LogP contribution in [0, 0.1) is 0 Å². The van der Waals surface area contributed by atoms with Crippen LogP contribution in [0.1, 0.15) is 42.3 Å². The molecule has 0 aliphatic carbocycles. The first-order valence-corrected chi connectivity index (χ1v) is 7.45. The van der Waals surface area contributed by atoms with Gasteiger partial charge in [0.2, 0.25) is 0 Å².